The van der Waals surface area contributed by atoms with Gasteiger partial charge in [0.15, 0.2) is 17.3 Å². The number of hydrogen-bond acceptors (Lipinski definition) is 7. The molecule has 1 N–H and O–H groups in total. The molecule has 0 aliphatic rings. The summed E-state index contributed by atoms with van der Waals surface area (Å²) in [6, 6.07) is 11.3. The molecule has 8 nitrogen and oxygen atoms in total. The Labute approximate surface area is 192 Å². The second-order valence-electron chi connectivity index (χ2n) is 6.95. The minimum atomic E-state index is 0.362. The van der Waals surface area contributed by atoms with Crippen LogP contribution in [0.3, 0.4) is 0 Å². The molecule has 1 heterocycles. The molecule has 32 heavy (non-hydrogen) atoms. The van der Waals surface area contributed by atoms with E-state index in [0.717, 1.165) is 24.3 Å². The molecule has 0 aliphatic heterocycles. The number of unbranched alkanes of at least 4 members (excludes halogenated alkanes) is 2. The van der Waals surface area contributed by atoms with E-state index in [1.54, 1.807) is 44.4 Å². The summed E-state index contributed by atoms with van der Waals surface area (Å²) in [4.78, 5) is 0. The predicted octanol–water partition coefficient (Wildman–Crippen LogP) is 5.08. The second kappa shape index (κ2) is 11.3. The van der Waals surface area contributed by atoms with Crippen molar-refractivity contribution in [1.29, 1.82) is 0 Å². The zero-order valence-corrected chi connectivity index (χ0v) is 19.6. The Bertz CT molecular complexity index is 1080. The number of nitrogens with one attached hydrogen (secondary N) is 1. The third-order valence-corrected chi connectivity index (χ3v) is 5.06. The Balaban J connectivity index is 1.84. The average molecular weight is 457 g/mol. The molecule has 0 atom stereocenters. The molecule has 2 aromatic carbocycles. The van der Waals surface area contributed by atoms with Crippen molar-refractivity contribution < 1.29 is 18.9 Å². The summed E-state index contributed by atoms with van der Waals surface area (Å²) in [5.74, 6) is 2.89. The standard InChI is InChI=1S/C23H28N4O4S/c1-5-6-7-12-31-18-10-8-16(9-11-18)15-24-27-22(25-26-23(27)32)17-13-19(28-2)21(30-4)20(14-17)29-3/h8-11,13-15H,5-7,12H2,1-4H3,(H,26,32)/b24-15-. The quantitative estimate of drug-likeness (QED) is 0.246. The molecule has 0 unspecified atom stereocenters. The highest BCUT2D eigenvalue weighted by Gasteiger charge is 2.17. The summed E-state index contributed by atoms with van der Waals surface area (Å²) < 4.78 is 23.9. The third kappa shape index (κ3) is 5.47. The smallest absolute Gasteiger partial charge is 0.216 e. The van der Waals surface area contributed by atoms with Crippen molar-refractivity contribution in [2.75, 3.05) is 27.9 Å². The van der Waals surface area contributed by atoms with Crippen molar-refractivity contribution in [3.05, 3.63) is 46.7 Å². The molecule has 170 valence electrons. The molecule has 0 fully saturated rings. The Kier molecular flexibility index (Phi) is 8.27. The van der Waals surface area contributed by atoms with E-state index in [1.165, 1.54) is 12.8 Å². The molecule has 9 heteroatoms. The van der Waals surface area contributed by atoms with Crippen LogP contribution in [0.2, 0.25) is 0 Å². The molecule has 0 aliphatic carbocycles. The zero-order chi connectivity index (χ0) is 22.9. The van der Waals surface area contributed by atoms with Crippen LogP contribution in [0.1, 0.15) is 31.7 Å². The SMILES string of the molecule is CCCCCOc1ccc(/C=N\n2c(-c3cc(OC)c(OC)c(OC)c3)n[nH]c2=S)cc1. The molecular formula is C23H28N4O4S. The Hall–Kier alpha value is -3.33. The van der Waals surface area contributed by atoms with Crippen LogP contribution >= 0.6 is 12.2 Å². The maximum absolute atomic E-state index is 5.76. The van der Waals surface area contributed by atoms with Crippen molar-refractivity contribution in [1.82, 2.24) is 14.9 Å². The number of rotatable bonds is 11. The minimum absolute atomic E-state index is 0.362. The number of aromatic nitrogens is 3. The number of H-pyrrole nitrogens is 1. The van der Waals surface area contributed by atoms with Crippen LogP contribution in [-0.4, -0.2) is 49.0 Å². The van der Waals surface area contributed by atoms with Crippen molar-refractivity contribution in [2.24, 2.45) is 5.10 Å². The van der Waals surface area contributed by atoms with E-state index in [0.29, 0.717) is 33.4 Å². The molecule has 0 saturated heterocycles. The van der Waals surface area contributed by atoms with Gasteiger partial charge < -0.3 is 18.9 Å². The van der Waals surface area contributed by atoms with Crippen molar-refractivity contribution in [3.8, 4) is 34.4 Å². The van der Waals surface area contributed by atoms with Crippen LogP contribution < -0.4 is 18.9 Å². The third-order valence-electron chi connectivity index (χ3n) is 4.79. The summed E-state index contributed by atoms with van der Waals surface area (Å²) in [6.07, 6.45) is 5.12. The van der Waals surface area contributed by atoms with Crippen LogP contribution in [-0.2, 0) is 0 Å². The largest absolute Gasteiger partial charge is 0.494 e. The molecule has 0 saturated carbocycles. The molecule has 3 rings (SSSR count). The number of nitrogens with zero attached hydrogens (tertiary/aromatic N) is 3. The first-order chi connectivity index (χ1) is 15.6. The van der Waals surface area contributed by atoms with Crippen LogP contribution in [0.25, 0.3) is 11.4 Å². The first-order valence-corrected chi connectivity index (χ1v) is 10.8. The maximum atomic E-state index is 5.76. The van der Waals surface area contributed by atoms with Crippen molar-refractivity contribution in [2.45, 2.75) is 26.2 Å². The lowest BCUT2D eigenvalue weighted by atomic mass is 10.1. The first-order valence-electron chi connectivity index (χ1n) is 10.4. The summed E-state index contributed by atoms with van der Waals surface area (Å²) in [7, 11) is 4.68. The van der Waals surface area contributed by atoms with E-state index in [9.17, 15) is 0 Å². The van der Waals surface area contributed by atoms with Gasteiger partial charge in [-0.1, -0.05) is 19.8 Å². The van der Waals surface area contributed by atoms with Gasteiger partial charge in [0.05, 0.1) is 34.2 Å². The van der Waals surface area contributed by atoms with Gasteiger partial charge in [0.2, 0.25) is 10.5 Å². The fourth-order valence-electron chi connectivity index (χ4n) is 3.11. The van der Waals surface area contributed by atoms with Crippen LogP contribution in [0.4, 0.5) is 0 Å². The van der Waals surface area contributed by atoms with Gasteiger partial charge in [0, 0.05) is 5.56 Å². The lowest BCUT2D eigenvalue weighted by Gasteiger charge is -2.13. The highest BCUT2D eigenvalue weighted by Crippen LogP contribution is 2.40. The predicted molar refractivity (Wildman–Crippen MR) is 127 cm³/mol. The first kappa shape index (κ1) is 23.3. The van der Waals surface area contributed by atoms with Gasteiger partial charge in [-0.2, -0.15) is 14.9 Å². The summed E-state index contributed by atoms with van der Waals surface area (Å²) in [5.41, 5.74) is 1.62. The molecular weight excluding hydrogens is 428 g/mol. The molecule has 0 amide bonds. The zero-order valence-electron chi connectivity index (χ0n) is 18.8. The van der Waals surface area contributed by atoms with Gasteiger partial charge in [-0.3, -0.25) is 0 Å². The van der Waals surface area contributed by atoms with E-state index in [2.05, 4.69) is 22.2 Å². The summed E-state index contributed by atoms with van der Waals surface area (Å²) in [5, 5.41) is 11.6. The van der Waals surface area contributed by atoms with Gasteiger partial charge in [-0.15, -0.1) is 0 Å². The normalized spacial score (nSPS) is 11.0. The summed E-state index contributed by atoms with van der Waals surface area (Å²) in [6.45, 7) is 2.90. The highest BCUT2D eigenvalue weighted by molar-refractivity contribution is 7.71. The van der Waals surface area contributed by atoms with Crippen LogP contribution in [0.15, 0.2) is 41.5 Å². The number of methoxy groups -OCH3 is 3. The van der Waals surface area contributed by atoms with E-state index >= 15 is 0 Å². The minimum Gasteiger partial charge on any atom is -0.494 e. The van der Waals surface area contributed by atoms with E-state index < -0.39 is 0 Å². The Morgan fingerprint density at radius 3 is 2.31 bits per heavy atom. The average Bonchev–Trinajstić information content (AvgIpc) is 3.20. The molecule has 0 spiro atoms. The fourth-order valence-corrected chi connectivity index (χ4v) is 3.29. The van der Waals surface area contributed by atoms with Crippen LogP contribution in [0.5, 0.6) is 23.0 Å². The van der Waals surface area contributed by atoms with Gasteiger partial charge in [-0.05, 0) is 60.6 Å². The molecule has 1 aromatic heterocycles. The number of aromatic amines is 1. The molecule has 0 radical (unpaired) electrons. The van der Waals surface area contributed by atoms with E-state index in [1.807, 2.05) is 24.3 Å². The lowest BCUT2D eigenvalue weighted by Crippen LogP contribution is -1.99. The van der Waals surface area contributed by atoms with Gasteiger partial charge >= 0.3 is 0 Å². The number of benzene rings is 2. The van der Waals surface area contributed by atoms with Crippen LogP contribution in [0, 0.1) is 4.77 Å². The summed E-state index contributed by atoms with van der Waals surface area (Å²) >= 11 is 5.37. The van der Waals surface area contributed by atoms with Gasteiger partial charge in [0.1, 0.15) is 5.75 Å². The Morgan fingerprint density at radius 2 is 1.72 bits per heavy atom. The highest BCUT2D eigenvalue weighted by atomic mass is 32.1. The number of hydrogen-bond donors (Lipinski definition) is 1. The van der Waals surface area contributed by atoms with Gasteiger partial charge in [-0.25, -0.2) is 5.10 Å². The molecule has 3 aromatic rings. The maximum Gasteiger partial charge on any atom is 0.216 e. The topological polar surface area (TPSA) is 82.9 Å². The van der Waals surface area contributed by atoms with Crippen molar-refractivity contribution in [3.63, 3.8) is 0 Å². The van der Waals surface area contributed by atoms with Gasteiger partial charge in [0.25, 0.3) is 0 Å². The second-order valence-corrected chi connectivity index (χ2v) is 7.33. The van der Waals surface area contributed by atoms with Crippen molar-refractivity contribution >= 4 is 18.4 Å². The Morgan fingerprint density at radius 1 is 1.03 bits per heavy atom. The number of ether oxygens (including phenoxy) is 4. The lowest BCUT2D eigenvalue weighted by molar-refractivity contribution is 0.306. The fraction of sp³-hybridized carbons (Fsp3) is 0.348. The van der Waals surface area contributed by atoms with E-state index in [-0.39, 0.29) is 0 Å². The van der Waals surface area contributed by atoms with E-state index in [4.69, 9.17) is 31.2 Å². The molecule has 0 bridgehead atoms. The monoisotopic (exact) mass is 456 g/mol.